The molecule has 2 rings (SSSR count). The first-order valence-electron chi connectivity index (χ1n) is 8.08. The Balaban J connectivity index is 2.19. The third kappa shape index (κ3) is 4.19. The van der Waals surface area contributed by atoms with Crippen LogP contribution in [0.3, 0.4) is 0 Å². The van der Waals surface area contributed by atoms with Gasteiger partial charge in [0, 0.05) is 12.1 Å². The van der Waals surface area contributed by atoms with Gasteiger partial charge in [-0.1, -0.05) is 33.3 Å². The maximum absolute atomic E-state index is 14.4. The second-order valence-corrected chi connectivity index (χ2v) is 6.74. The van der Waals surface area contributed by atoms with Crippen molar-refractivity contribution < 1.29 is 9.13 Å². The van der Waals surface area contributed by atoms with Crippen LogP contribution in [0.25, 0.3) is 0 Å². The van der Waals surface area contributed by atoms with E-state index in [2.05, 4.69) is 26.1 Å². The summed E-state index contributed by atoms with van der Waals surface area (Å²) in [6.45, 7) is 7.57. The summed E-state index contributed by atoms with van der Waals surface area (Å²) >= 11 is 0. The molecule has 1 aromatic carbocycles. The molecule has 0 saturated heterocycles. The smallest absolute Gasteiger partial charge is 0.130 e. The average molecular weight is 293 g/mol. The lowest BCUT2D eigenvalue weighted by Crippen LogP contribution is -2.35. The van der Waals surface area contributed by atoms with Gasteiger partial charge in [0.1, 0.15) is 11.6 Å². The van der Waals surface area contributed by atoms with Gasteiger partial charge in [-0.25, -0.2) is 4.39 Å². The highest BCUT2D eigenvalue weighted by Crippen LogP contribution is 2.41. The highest BCUT2D eigenvalue weighted by molar-refractivity contribution is 5.32. The van der Waals surface area contributed by atoms with E-state index in [1.54, 1.807) is 7.11 Å². The molecule has 0 heterocycles. The molecule has 0 bridgehead atoms. The normalized spacial score (nSPS) is 26.1. The van der Waals surface area contributed by atoms with E-state index in [-0.39, 0.29) is 5.82 Å². The van der Waals surface area contributed by atoms with Gasteiger partial charge in [0.2, 0.25) is 0 Å². The summed E-state index contributed by atoms with van der Waals surface area (Å²) in [5, 5.41) is 3.52. The first kappa shape index (κ1) is 16.3. The minimum atomic E-state index is -0.122. The summed E-state index contributed by atoms with van der Waals surface area (Å²) in [6, 6.07) is 5.79. The Morgan fingerprint density at radius 2 is 2.10 bits per heavy atom. The zero-order valence-corrected chi connectivity index (χ0v) is 13.7. The van der Waals surface area contributed by atoms with Crippen molar-refractivity contribution in [3.63, 3.8) is 0 Å². The van der Waals surface area contributed by atoms with Crippen molar-refractivity contribution in [1.29, 1.82) is 0 Å². The molecule has 0 amide bonds. The number of benzene rings is 1. The zero-order valence-electron chi connectivity index (χ0n) is 13.7. The number of hydrogen-bond donors (Lipinski definition) is 1. The van der Waals surface area contributed by atoms with Crippen molar-refractivity contribution in [2.75, 3.05) is 13.7 Å². The van der Waals surface area contributed by atoms with E-state index < -0.39 is 0 Å². The topological polar surface area (TPSA) is 21.3 Å². The fourth-order valence-electron chi connectivity index (χ4n) is 3.39. The van der Waals surface area contributed by atoms with Crippen molar-refractivity contribution in [2.45, 2.75) is 52.0 Å². The Labute approximate surface area is 128 Å². The summed E-state index contributed by atoms with van der Waals surface area (Å²) in [6.07, 6.45) is 3.50. The monoisotopic (exact) mass is 293 g/mol. The molecule has 1 fully saturated rings. The van der Waals surface area contributed by atoms with Crippen LogP contribution in [0.15, 0.2) is 18.2 Å². The number of halogens is 1. The molecule has 0 aromatic heterocycles. The summed E-state index contributed by atoms with van der Waals surface area (Å²) in [5.41, 5.74) is 0.859. The lowest BCUT2D eigenvalue weighted by atomic mass is 9.71. The van der Waals surface area contributed by atoms with Crippen molar-refractivity contribution in [1.82, 2.24) is 5.32 Å². The average Bonchev–Trinajstić information content (AvgIpc) is 2.45. The van der Waals surface area contributed by atoms with E-state index in [9.17, 15) is 4.39 Å². The van der Waals surface area contributed by atoms with Crippen LogP contribution in [0.5, 0.6) is 5.75 Å². The van der Waals surface area contributed by atoms with Crippen LogP contribution in [0, 0.1) is 17.7 Å². The summed E-state index contributed by atoms with van der Waals surface area (Å²) in [5.74, 6) is 1.98. The lowest BCUT2D eigenvalue weighted by molar-refractivity contribution is 0.234. The standard InChI is InChI=1S/C18H28FNO/c1-12(2)20-11-14-6-5-13(3)9-17(14)16-8-7-15(21-4)10-18(16)19/h7-8,10,12-14,17,20H,5-6,9,11H2,1-4H3. The molecule has 3 unspecified atom stereocenters. The number of ether oxygens (including phenoxy) is 1. The number of nitrogens with one attached hydrogen (secondary N) is 1. The summed E-state index contributed by atoms with van der Waals surface area (Å²) < 4.78 is 19.5. The first-order valence-corrected chi connectivity index (χ1v) is 8.08. The molecular weight excluding hydrogens is 265 g/mol. The van der Waals surface area contributed by atoms with Crippen LogP contribution in [0.2, 0.25) is 0 Å². The van der Waals surface area contributed by atoms with Gasteiger partial charge in [-0.2, -0.15) is 0 Å². The third-order valence-electron chi connectivity index (χ3n) is 4.65. The van der Waals surface area contributed by atoms with Gasteiger partial charge in [0.25, 0.3) is 0 Å². The number of methoxy groups -OCH3 is 1. The molecule has 1 aromatic rings. The van der Waals surface area contributed by atoms with Gasteiger partial charge in [-0.3, -0.25) is 0 Å². The van der Waals surface area contributed by atoms with Crippen LogP contribution in [-0.2, 0) is 0 Å². The predicted octanol–water partition coefficient (Wildman–Crippen LogP) is 4.35. The van der Waals surface area contributed by atoms with E-state index >= 15 is 0 Å². The van der Waals surface area contributed by atoms with E-state index in [1.165, 1.54) is 18.9 Å². The lowest BCUT2D eigenvalue weighted by Gasteiger charge is -2.36. The first-order chi connectivity index (χ1) is 10.0. The van der Waals surface area contributed by atoms with Crippen molar-refractivity contribution in [3.05, 3.63) is 29.6 Å². The van der Waals surface area contributed by atoms with Crippen molar-refractivity contribution in [3.8, 4) is 5.75 Å². The van der Waals surface area contributed by atoms with Gasteiger partial charge >= 0.3 is 0 Å². The Bertz CT molecular complexity index is 461. The molecule has 0 radical (unpaired) electrons. The van der Waals surface area contributed by atoms with E-state index in [0.29, 0.717) is 29.5 Å². The Kier molecular flexibility index (Phi) is 5.63. The van der Waals surface area contributed by atoms with Crippen molar-refractivity contribution in [2.24, 2.45) is 11.8 Å². The summed E-state index contributed by atoms with van der Waals surface area (Å²) in [4.78, 5) is 0. The van der Waals surface area contributed by atoms with E-state index in [0.717, 1.165) is 18.5 Å². The largest absolute Gasteiger partial charge is 0.497 e. The highest BCUT2D eigenvalue weighted by atomic mass is 19.1. The maximum atomic E-state index is 14.4. The maximum Gasteiger partial charge on any atom is 0.130 e. The molecule has 2 nitrogen and oxygen atoms in total. The molecule has 1 saturated carbocycles. The predicted molar refractivity (Wildman–Crippen MR) is 85.3 cm³/mol. The molecule has 0 aliphatic heterocycles. The molecular formula is C18H28FNO. The van der Waals surface area contributed by atoms with Crippen LogP contribution in [0.1, 0.15) is 51.5 Å². The third-order valence-corrected chi connectivity index (χ3v) is 4.65. The second kappa shape index (κ2) is 7.26. The van der Waals surface area contributed by atoms with Crippen LogP contribution in [-0.4, -0.2) is 19.7 Å². The molecule has 1 aliphatic rings. The molecule has 118 valence electrons. The van der Waals surface area contributed by atoms with Crippen molar-refractivity contribution >= 4 is 0 Å². The Hall–Kier alpha value is -1.09. The van der Waals surface area contributed by atoms with E-state index in [4.69, 9.17) is 4.74 Å². The highest BCUT2D eigenvalue weighted by Gasteiger charge is 2.31. The van der Waals surface area contributed by atoms with Gasteiger partial charge in [-0.05, 0) is 48.8 Å². The van der Waals surface area contributed by atoms with E-state index in [1.807, 2.05) is 12.1 Å². The SMILES string of the molecule is COc1ccc(C2CC(C)CCC2CNC(C)C)c(F)c1. The van der Waals surface area contributed by atoms with Crippen LogP contribution < -0.4 is 10.1 Å². The molecule has 3 atom stereocenters. The Morgan fingerprint density at radius 3 is 2.71 bits per heavy atom. The zero-order chi connectivity index (χ0) is 15.4. The molecule has 0 spiro atoms. The van der Waals surface area contributed by atoms with Crippen LogP contribution >= 0.6 is 0 Å². The fraction of sp³-hybridized carbons (Fsp3) is 0.667. The molecule has 1 aliphatic carbocycles. The van der Waals surface area contributed by atoms with Gasteiger partial charge < -0.3 is 10.1 Å². The van der Waals surface area contributed by atoms with Gasteiger partial charge in [0.15, 0.2) is 0 Å². The molecule has 21 heavy (non-hydrogen) atoms. The fourth-order valence-corrected chi connectivity index (χ4v) is 3.39. The molecule has 3 heteroatoms. The Morgan fingerprint density at radius 1 is 1.33 bits per heavy atom. The number of rotatable bonds is 5. The molecule has 1 N–H and O–H groups in total. The summed E-state index contributed by atoms with van der Waals surface area (Å²) in [7, 11) is 1.58. The number of hydrogen-bond acceptors (Lipinski definition) is 2. The van der Waals surface area contributed by atoms with Gasteiger partial charge in [-0.15, -0.1) is 0 Å². The minimum Gasteiger partial charge on any atom is -0.497 e. The van der Waals surface area contributed by atoms with Crippen LogP contribution in [0.4, 0.5) is 4.39 Å². The quantitative estimate of drug-likeness (QED) is 0.871. The second-order valence-electron chi connectivity index (χ2n) is 6.74. The minimum absolute atomic E-state index is 0.122. The van der Waals surface area contributed by atoms with Gasteiger partial charge in [0.05, 0.1) is 7.11 Å².